The summed E-state index contributed by atoms with van der Waals surface area (Å²) < 4.78 is 0. The second-order valence-electron chi connectivity index (χ2n) is 7.38. The molecule has 0 aromatic heterocycles. The van der Waals surface area contributed by atoms with Crippen molar-refractivity contribution in [3.8, 4) is 0 Å². The van der Waals surface area contributed by atoms with Crippen LogP contribution >= 0.6 is 0 Å². The molecule has 1 saturated heterocycles. The van der Waals surface area contributed by atoms with Crippen LogP contribution in [0.15, 0.2) is 12.1 Å². The fourth-order valence-electron chi connectivity index (χ4n) is 4.56. The Bertz CT molecular complexity index is 626. The molecular formula is C19H25NO2. The normalized spacial score (nSPS) is 31.6. The van der Waals surface area contributed by atoms with Crippen LogP contribution in [-0.4, -0.2) is 17.2 Å². The summed E-state index contributed by atoms with van der Waals surface area (Å²) in [4.78, 5) is 25.8. The van der Waals surface area contributed by atoms with E-state index in [0.717, 1.165) is 42.4 Å². The monoisotopic (exact) mass is 299 g/mol. The Kier molecular flexibility index (Phi) is 3.62. The number of ketones is 1. The van der Waals surface area contributed by atoms with Crippen LogP contribution in [0.1, 0.15) is 60.8 Å². The highest BCUT2D eigenvalue weighted by atomic mass is 16.2. The number of benzene rings is 1. The smallest absolute Gasteiger partial charge is 0.235 e. The molecule has 1 N–H and O–H groups in total. The molecule has 1 saturated carbocycles. The van der Waals surface area contributed by atoms with E-state index in [9.17, 15) is 9.59 Å². The van der Waals surface area contributed by atoms with Gasteiger partial charge in [0.25, 0.3) is 0 Å². The zero-order chi connectivity index (χ0) is 16.1. The van der Waals surface area contributed by atoms with Crippen LogP contribution in [0.3, 0.4) is 0 Å². The van der Waals surface area contributed by atoms with Gasteiger partial charge in [0, 0.05) is 0 Å². The van der Waals surface area contributed by atoms with Gasteiger partial charge in [0.1, 0.15) is 5.92 Å². The predicted molar refractivity (Wildman–Crippen MR) is 86.9 cm³/mol. The van der Waals surface area contributed by atoms with Crippen molar-refractivity contribution in [1.29, 1.82) is 0 Å². The molecule has 1 spiro atoms. The number of amides is 1. The van der Waals surface area contributed by atoms with E-state index in [-0.39, 0.29) is 11.7 Å². The van der Waals surface area contributed by atoms with E-state index in [2.05, 4.69) is 24.4 Å². The maximum Gasteiger partial charge on any atom is 0.235 e. The SMILES string of the molecule is Cc1cc(C)c(C2C(=O)NC3(CCCC(C)C3)C2=O)c(C)c1. The second-order valence-corrected chi connectivity index (χ2v) is 7.38. The van der Waals surface area contributed by atoms with Crippen LogP contribution in [0.2, 0.25) is 0 Å². The Morgan fingerprint density at radius 2 is 1.77 bits per heavy atom. The fraction of sp³-hybridized carbons (Fsp3) is 0.579. The molecule has 2 fully saturated rings. The molecule has 3 nitrogen and oxygen atoms in total. The van der Waals surface area contributed by atoms with Gasteiger partial charge in [-0.1, -0.05) is 37.5 Å². The molecule has 22 heavy (non-hydrogen) atoms. The Morgan fingerprint density at radius 1 is 1.14 bits per heavy atom. The summed E-state index contributed by atoms with van der Waals surface area (Å²) in [5.74, 6) is -0.129. The van der Waals surface area contributed by atoms with Crippen molar-refractivity contribution >= 4 is 11.7 Å². The Hall–Kier alpha value is -1.64. The van der Waals surface area contributed by atoms with E-state index in [1.165, 1.54) is 5.56 Å². The highest BCUT2D eigenvalue weighted by molar-refractivity contribution is 6.17. The minimum atomic E-state index is -0.620. The standard InChI is InChI=1S/C19H25NO2/c1-11-6-5-7-19(10-11)17(21)16(18(22)20-19)15-13(3)8-12(2)9-14(15)4/h8-9,11,16H,5-7,10H2,1-4H3,(H,20,22). The van der Waals surface area contributed by atoms with Crippen LogP contribution < -0.4 is 5.32 Å². The second kappa shape index (κ2) is 5.22. The predicted octanol–water partition coefficient (Wildman–Crippen LogP) is 3.34. The number of rotatable bonds is 1. The lowest BCUT2D eigenvalue weighted by Crippen LogP contribution is -2.49. The van der Waals surface area contributed by atoms with Gasteiger partial charge in [-0.05, 0) is 56.2 Å². The number of carbonyl (C=O) groups excluding carboxylic acids is 2. The average Bonchev–Trinajstić information content (AvgIpc) is 2.62. The number of nitrogens with one attached hydrogen (secondary N) is 1. The van der Waals surface area contributed by atoms with Crippen molar-refractivity contribution in [1.82, 2.24) is 5.32 Å². The van der Waals surface area contributed by atoms with Crippen LogP contribution in [0.4, 0.5) is 0 Å². The van der Waals surface area contributed by atoms with Gasteiger partial charge in [-0.3, -0.25) is 9.59 Å². The van der Waals surface area contributed by atoms with Crippen molar-refractivity contribution in [2.75, 3.05) is 0 Å². The molecule has 0 radical (unpaired) electrons. The van der Waals surface area contributed by atoms with Gasteiger partial charge < -0.3 is 5.32 Å². The summed E-state index contributed by atoms with van der Waals surface area (Å²) >= 11 is 0. The Labute approximate surface area is 132 Å². The number of hydrogen-bond donors (Lipinski definition) is 1. The summed E-state index contributed by atoms with van der Waals surface area (Å²) in [5, 5.41) is 3.08. The zero-order valence-corrected chi connectivity index (χ0v) is 14.0. The summed E-state index contributed by atoms with van der Waals surface area (Å²) in [5.41, 5.74) is 3.58. The summed E-state index contributed by atoms with van der Waals surface area (Å²) in [7, 11) is 0. The molecule has 1 amide bonds. The third-order valence-corrected chi connectivity index (χ3v) is 5.38. The molecule has 1 aromatic rings. The Morgan fingerprint density at radius 3 is 2.36 bits per heavy atom. The number of aryl methyl sites for hydroxylation is 3. The van der Waals surface area contributed by atoms with Gasteiger partial charge in [0.05, 0.1) is 5.54 Å². The van der Waals surface area contributed by atoms with E-state index in [0.29, 0.717) is 5.92 Å². The van der Waals surface area contributed by atoms with Crippen LogP contribution in [0.25, 0.3) is 0 Å². The largest absolute Gasteiger partial charge is 0.343 e. The van der Waals surface area contributed by atoms with Crippen molar-refractivity contribution in [2.24, 2.45) is 5.92 Å². The van der Waals surface area contributed by atoms with Gasteiger partial charge >= 0.3 is 0 Å². The molecule has 1 aromatic carbocycles. The first-order valence-corrected chi connectivity index (χ1v) is 8.28. The van der Waals surface area contributed by atoms with E-state index >= 15 is 0 Å². The minimum absolute atomic E-state index is 0.0964. The topological polar surface area (TPSA) is 46.2 Å². The number of hydrogen-bond acceptors (Lipinski definition) is 2. The quantitative estimate of drug-likeness (QED) is 0.808. The summed E-state index contributed by atoms with van der Waals surface area (Å²) in [6.45, 7) is 8.23. The molecule has 2 aliphatic rings. The zero-order valence-electron chi connectivity index (χ0n) is 14.0. The molecular weight excluding hydrogens is 274 g/mol. The molecule has 3 rings (SSSR count). The first-order chi connectivity index (χ1) is 10.3. The molecule has 3 unspecified atom stereocenters. The van der Waals surface area contributed by atoms with Crippen molar-refractivity contribution < 1.29 is 9.59 Å². The third kappa shape index (κ3) is 2.27. The number of Topliss-reactive ketones (excluding diaryl/α,β-unsaturated/α-hetero) is 1. The van der Waals surface area contributed by atoms with Crippen molar-refractivity contribution in [3.63, 3.8) is 0 Å². The first kappa shape index (κ1) is 15.3. The molecule has 118 valence electrons. The van der Waals surface area contributed by atoms with E-state index < -0.39 is 11.5 Å². The first-order valence-electron chi connectivity index (χ1n) is 8.28. The molecule has 1 aliphatic carbocycles. The van der Waals surface area contributed by atoms with Crippen LogP contribution in [0.5, 0.6) is 0 Å². The average molecular weight is 299 g/mol. The maximum absolute atomic E-state index is 13.1. The third-order valence-electron chi connectivity index (χ3n) is 5.38. The van der Waals surface area contributed by atoms with E-state index in [4.69, 9.17) is 0 Å². The summed E-state index contributed by atoms with van der Waals surface area (Å²) in [6.07, 6.45) is 3.75. The van der Waals surface area contributed by atoms with Crippen LogP contribution in [-0.2, 0) is 9.59 Å². The Balaban J connectivity index is 2.03. The fourth-order valence-corrected chi connectivity index (χ4v) is 4.56. The molecule has 0 bridgehead atoms. The lowest BCUT2D eigenvalue weighted by atomic mass is 9.72. The highest BCUT2D eigenvalue weighted by Gasteiger charge is 2.54. The lowest BCUT2D eigenvalue weighted by Gasteiger charge is -2.35. The lowest BCUT2D eigenvalue weighted by molar-refractivity contribution is -0.126. The highest BCUT2D eigenvalue weighted by Crippen LogP contribution is 2.42. The molecule has 1 heterocycles. The van der Waals surface area contributed by atoms with Gasteiger partial charge in [0.15, 0.2) is 5.78 Å². The van der Waals surface area contributed by atoms with Gasteiger partial charge in [-0.25, -0.2) is 0 Å². The summed E-state index contributed by atoms with van der Waals surface area (Å²) in [6, 6.07) is 4.13. The van der Waals surface area contributed by atoms with Crippen molar-refractivity contribution in [2.45, 2.75) is 64.8 Å². The molecule has 3 heteroatoms. The van der Waals surface area contributed by atoms with Gasteiger partial charge in [0.2, 0.25) is 5.91 Å². The van der Waals surface area contributed by atoms with Gasteiger partial charge in [-0.2, -0.15) is 0 Å². The molecule has 1 aliphatic heterocycles. The molecule has 3 atom stereocenters. The minimum Gasteiger partial charge on any atom is -0.343 e. The van der Waals surface area contributed by atoms with Crippen molar-refractivity contribution in [3.05, 3.63) is 34.4 Å². The maximum atomic E-state index is 13.1. The van der Waals surface area contributed by atoms with E-state index in [1.54, 1.807) is 0 Å². The number of carbonyl (C=O) groups is 2. The van der Waals surface area contributed by atoms with E-state index in [1.807, 2.05) is 20.8 Å². The van der Waals surface area contributed by atoms with Gasteiger partial charge in [-0.15, -0.1) is 0 Å². The van der Waals surface area contributed by atoms with Crippen LogP contribution in [0, 0.1) is 26.7 Å².